The largest absolute Gasteiger partial charge is 0.376 e. The SMILES string of the molecule is CN(C[C@@H]1COCCO1)C(=O)CC1CCNCC1. The van der Waals surface area contributed by atoms with E-state index in [4.69, 9.17) is 9.47 Å². The maximum absolute atomic E-state index is 12.1. The highest BCUT2D eigenvalue weighted by Gasteiger charge is 2.22. The third-order valence-corrected chi connectivity index (χ3v) is 3.71. The summed E-state index contributed by atoms with van der Waals surface area (Å²) in [6, 6.07) is 0. The van der Waals surface area contributed by atoms with Crippen molar-refractivity contribution in [2.45, 2.75) is 25.4 Å². The summed E-state index contributed by atoms with van der Waals surface area (Å²) in [6.45, 7) is 4.64. The number of hydrogen-bond donors (Lipinski definition) is 1. The van der Waals surface area contributed by atoms with Crippen LogP contribution in [0.1, 0.15) is 19.3 Å². The summed E-state index contributed by atoms with van der Waals surface area (Å²) in [5.41, 5.74) is 0. The van der Waals surface area contributed by atoms with Crippen LogP contribution in [0.3, 0.4) is 0 Å². The Morgan fingerprint density at radius 2 is 2.11 bits per heavy atom. The highest BCUT2D eigenvalue weighted by molar-refractivity contribution is 5.76. The van der Waals surface area contributed by atoms with Gasteiger partial charge in [-0.15, -0.1) is 0 Å². The molecule has 0 saturated carbocycles. The Morgan fingerprint density at radius 1 is 1.33 bits per heavy atom. The molecule has 18 heavy (non-hydrogen) atoms. The molecule has 0 bridgehead atoms. The van der Waals surface area contributed by atoms with Gasteiger partial charge < -0.3 is 19.7 Å². The van der Waals surface area contributed by atoms with Gasteiger partial charge in [-0.1, -0.05) is 0 Å². The van der Waals surface area contributed by atoms with Gasteiger partial charge in [0, 0.05) is 20.0 Å². The zero-order valence-corrected chi connectivity index (χ0v) is 11.2. The van der Waals surface area contributed by atoms with Crippen LogP contribution >= 0.6 is 0 Å². The Hall–Kier alpha value is -0.650. The van der Waals surface area contributed by atoms with Crippen molar-refractivity contribution in [3.8, 4) is 0 Å². The molecule has 0 aromatic carbocycles. The number of nitrogens with zero attached hydrogens (tertiary/aromatic N) is 1. The van der Waals surface area contributed by atoms with Gasteiger partial charge >= 0.3 is 0 Å². The number of nitrogens with one attached hydrogen (secondary N) is 1. The summed E-state index contributed by atoms with van der Waals surface area (Å²) in [5.74, 6) is 0.779. The summed E-state index contributed by atoms with van der Waals surface area (Å²) in [7, 11) is 1.86. The number of likely N-dealkylation sites (N-methyl/N-ethyl adjacent to an activating group) is 1. The summed E-state index contributed by atoms with van der Waals surface area (Å²) >= 11 is 0. The van der Waals surface area contributed by atoms with Crippen LogP contribution in [0, 0.1) is 5.92 Å². The Kier molecular flexibility index (Phi) is 5.41. The molecule has 0 aromatic heterocycles. The van der Waals surface area contributed by atoms with Crippen molar-refractivity contribution >= 4 is 5.91 Å². The molecule has 2 aliphatic heterocycles. The minimum absolute atomic E-state index is 0.0423. The van der Waals surface area contributed by atoms with E-state index in [1.807, 2.05) is 7.05 Å². The number of piperidine rings is 1. The highest BCUT2D eigenvalue weighted by atomic mass is 16.6. The second-order valence-corrected chi connectivity index (χ2v) is 5.24. The first-order valence-corrected chi connectivity index (χ1v) is 6.89. The predicted octanol–water partition coefficient (Wildman–Crippen LogP) is 0.250. The topological polar surface area (TPSA) is 50.8 Å². The molecule has 0 radical (unpaired) electrons. The molecule has 0 spiro atoms. The van der Waals surface area contributed by atoms with Gasteiger partial charge in [0.05, 0.1) is 25.9 Å². The Bertz CT molecular complexity index is 261. The van der Waals surface area contributed by atoms with Crippen LogP contribution in [0.2, 0.25) is 0 Å². The van der Waals surface area contributed by atoms with E-state index in [9.17, 15) is 4.79 Å². The standard InChI is InChI=1S/C13H24N2O3/c1-15(9-12-10-17-6-7-18-12)13(16)8-11-2-4-14-5-3-11/h11-12,14H,2-10H2,1H3/t12-/m1/s1. The summed E-state index contributed by atoms with van der Waals surface area (Å²) in [5, 5.41) is 3.32. The number of ether oxygens (including phenoxy) is 2. The molecule has 5 nitrogen and oxygen atoms in total. The van der Waals surface area contributed by atoms with Crippen molar-refractivity contribution < 1.29 is 14.3 Å². The lowest BCUT2D eigenvalue weighted by Crippen LogP contribution is -2.41. The van der Waals surface area contributed by atoms with Crippen LogP contribution in [0.15, 0.2) is 0 Å². The molecule has 2 fully saturated rings. The lowest BCUT2D eigenvalue weighted by atomic mass is 9.94. The summed E-state index contributed by atoms with van der Waals surface area (Å²) < 4.78 is 10.9. The monoisotopic (exact) mass is 256 g/mol. The highest BCUT2D eigenvalue weighted by Crippen LogP contribution is 2.17. The Morgan fingerprint density at radius 3 is 2.78 bits per heavy atom. The summed E-state index contributed by atoms with van der Waals surface area (Å²) in [6.07, 6.45) is 2.94. The van der Waals surface area contributed by atoms with Crippen LogP contribution in [0.25, 0.3) is 0 Å². The number of carbonyl (C=O) groups excluding carboxylic acids is 1. The van der Waals surface area contributed by atoms with E-state index >= 15 is 0 Å². The average Bonchev–Trinajstić information content (AvgIpc) is 2.41. The third-order valence-electron chi connectivity index (χ3n) is 3.71. The predicted molar refractivity (Wildman–Crippen MR) is 68.4 cm³/mol. The molecule has 0 aromatic rings. The lowest BCUT2D eigenvalue weighted by Gasteiger charge is -2.29. The molecule has 2 heterocycles. The van der Waals surface area contributed by atoms with Gasteiger partial charge in [-0.05, 0) is 31.8 Å². The first kappa shape index (κ1) is 13.8. The van der Waals surface area contributed by atoms with Gasteiger partial charge in [0.1, 0.15) is 0 Å². The minimum atomic E-state index is 0.0423. The molecular formula is C13H24N2O3. The molecule has 1 atom stereocenters. The zero-order chi connectivity index (χ0) is 12.8. The second kappa shape index (κ2) is 7.07. The molecule has 0 aliphatic carbocycles. The van der Waals surface area contributed by atoms with Crippen molar-refractivity contribution in [2.75, 3.05) is 46.5 Å². The van der Waals surface area contributed by atoms with Gasteiger partial charge in [0.15, 0.2) is 0 Å². The van der Waals surface area contributed by atoms with Gasteiger partial charge in [0.25, 0.3) is 0 Å². The molecule has 5 heteroatoms. The molecule has 0 unspecified atom stereocenters. The average molecular weight is 256 g/mol. The van der Waals surface area contributed by atoms with E-state index in [2.05, 4.69) is 5.32 Å². The van der Waals surface area contributed by atoms with Crippen LogP contribution in [0.4, 0.5) is 0 Å². The van der Waals surface area contributed by atoms with Gasteiger partial charge in [-0.3, -0.25) is 4.79 Å². The molecule has 2 saturated heterocycles. The maximum Gasteiger partial charge on any atom is 0.222 e. The minimum Gasteiger partial charge on any atom is -0.376 e. The van der Waals surface area contributed by atoms with Crippen molar-refractivity contribution in [3.05, 3.63) is 0 Å². The van der Waals surface area contributed by atoms with E-state index in [1.165, 1.54) is 0 Å². The molecule has 1 amide bonds. The second-order valence-electron chi connectivity index (χ2n) is 5.24. The Labute approximate surface area is 109 Å². The van der Waals surface area contributed by atoms with Crippen LogP contribution in [-0.4, -0.2) is 63.4 Å². The smallest absolute Gasteiger partial charge is 0.222 e. The fourth-order valence-electron chi connectivity index (χ4n) is 2.54. The van der Waals surface area contributed by atoms with Crippen LogP contribution in [0.5, 0.6) is 0 Å². The van der Waals surface area contributed by atoms with E-state index in [-0.39, 0.29) is 12.0 Å². The van der Waals surface area contributed by atoms with Crippen LogP contribution < -0.4 is 5.32 Å². The number of carbonyl (C=O) groups is 1. The quantitative estimate of drug-likeness (QED) is 0.783. The molecule has 2 aliphatic rings. The van der Waals surface area contributed by atoms with Gasteiger partial charge in [-0.25, -0.2) is 0 Å². The van der Waals surface area contributed by atoms with Crippen molar-refractivity contribution in [3.63, 3.8) is 0 Å². The van der Waals surface area contributed by atoms with E-state index in [1.54, 1.807) is 4.90 Å². The summed E-state index contributed by atoms with van der Waals surface area (Å²) in [4.78, 5) is 13.9. The van der Waals surface area contributed by atoms with Crippen LogP contribution in [-0.2, 0) is 14.3 Å². The number of rotatable bonds is 4. The first-order valence-electron chi connectivity index (χ1n) is 6.89. The van der Waals surface area contributed by atoms with Crippen molar-refractivity contribution in [1.82, 2.24) is 10.2 Å². The van der Waals surface area contributed by atoms with Crippen molar-refractivity contribution in [2.24, 2.45) is 5.92 Å². The number of hydrogen-bond acceptors (Lipinski definition) is 4. The van der Waals surface area contributed by atoms with Gasteiger partial charge in [0.2, 0.25) is 5.91 Å². The fourth-order valence-corrected chi connectivity index (χ4v) is 2.54. The normalized spacial score (nSPS) is 25.9. The van der Waals surface area contributed by atoms with E-state index < -0.39 is 0 Å². The first-order chi connectivity index (χ1) is 8.75. The maximum atomic E-state index is 12.1. The van der Waals surface area contributed by atoms with Crippen molar-refractivity contribution in [1.29, 1.82) is 0 Å². The molecular weight excluding hydrogens is 232 g/mol. The van der Waals surface area contributed by atoms with Gasteiger partial charge in [-0.2, -0.15) is 0 Å². The molecule has 2 rings (SSSR count). The Balaban J connectivity index is 1.69. The van der Waals surface area contributed by atoms with E-state index in [0.717, 1.165) is 25.9 Å². The molecule has 1 N–H and O–H groups in total. The number of amides is 1. The fraction of sp³-hybridized carbons (Fsp3) is 0.923. The van der Waals surface area contributed by atoms with E-state index in [0.29, 0.717) is 38.7 Å². The third kappa shape index (κ3) is 4.23. The lowest BCUT2D eigenvalue weighted by molar-refractivity contribution is -0.137. The molecule has 104 valence electrons. The zero-order valence-electron chi connectivity index (χ0n) is 11.2.